The smallest absolute Gasteiger partial charge is 0.337 e. The van der Waals surface area contributed by atoms with Crippen LogP contribution in [0.2, 0.25) is 0 Å². The molecule has 6 heteroatoms. The van der Waals surface area contributed by atoms with Crippen LogP contribution in [-0.4, -0.2) is 29.4 Å². The summed E-state index contributed by atoms with van der Waals surface area (Å²) in [6, 6.07) is 6.11. The Labute approximate surface area is 146 Å². The first-order valence-corrected chi connectivity index (χ1v) is 9.13. The van der Waals surface area contributed by atoms with Gasteiger partial charge in [0.1, 0.15) is 0 Å². The van der Waals surface area contributed by atoms with E-state index in [1.54, 1.807) is 6.07 Å². The van der Waals surface area contributed by atoms with Gasteiger partial charge in [-0.1, -0.05) is 31.0 Å². The standard InChI is InChI=1S/C19H25F3N2O/c20-19(21,22)15-5-3-4-14(12-15)13-23-11-10-17-8-9-18(25)24(17)16-6-1-2-7-16/h3-5,12,16-17,23H,1-2,6-11,13H2/t17-/m1/s1. The third-order valence-corrected chi connectivity index (χ3v) is 5.33. The zero-order chi connectivity index (χ0) is 17.9. The van der Waals surface area contributed by atoms with Crippen molar-refractivity contribution in [3.8, 4) is 0 Å². The number of carbonyl (C=O) groups is 1. The molecule has 0 radical (unpaired) electrons. The molecule has 3 rings (SSSR count). The number of rotatable bonds is 6. The Morgan fingerprint density at radius 1 is 1.16 bits per heavy atom. The minimum absolute atomic E-state index is 0.273. The zero-order valence-electron chi connectivity index (χ0n) is 14.3. The van der Waals surface area contributed by atoms with Crippen molar-refractivity contribution in [1.29, 1.82) is 0 Å². The number of nitrogens with zero attached hydrogens (tertiary/aromatic N) is 1. The Morgan fingerprint density at radius 3 is 2.64 bits per heavy atom. The maximum atomic E-state index is 12.7. The normalized spacial score (nSPS) is 22.1. The first-order valence-electron chi connectivity index (χ1n) is 9.13. The molecule has 1 N–H and O–H groups in total. The Bertz CT molecular complexity index is 597. The summed E-state index contributed by atoms with van der Waals surface area (Å²) < 4.78 is 38.2. The van der Waals surface area contributed by atoms with Gasteiger partial charge in [-0.2, -0.15) is 13.2 Å². The molecule has 2 fully saturated rings. The fourth-order valence-corrected chi connectivity index (χ4v) is 4.09. The van der Waals surface area contributed by atoms with Crippen LogP contribution < -0.4 is 5.32 Å². The summed E-state index contributed by atoms with van der Waals surface area (Å²) in [5.74, 6) is 0.273. The van der Waals surface area contributed by atoms with Gasteiger partial charge in [-0.3, -0.25) is 4.79 Å². The minimum atomic E-state index is -4.30. The topological polar surface area (TPSA) is 32.3 Å². The minimum Gasteiger partial charge on any atom is -0.337 e. The monoisotopic (exact) mass is 354 g/mol. The van der Waals surface area contributed by atoms with Gasteiger partial charge in [0.15, 0.2) is 0 Å². The molecular formula is C19H25F3N2O. The number of alkyl halides is 3. The average molecular weight is 354 g/mol. The lowest BCUT2D eigenvalue weighted by Crippen LogP contribution is -2.41. The van der Waals surface area contributed by atoms with Crippen molar-refractivity contribution in [3.05, 3.63) is 35.4 Å². The molecule has 1 atom stereocenters. The van der Waals surface area contributed by atoms with Gasteiger partial charge in [-0.25, -0.2) is 0 Å². The van der Waals surface area contributed by atoms with Gasteiger partial charge < -0.3 is 10.2 Å². The van der Waals surface area contributed by atoms with Gasteiger partial charge in [0.2, 0.25) is 5.91 Å². The van der Waals surface area contributed by atoms with Gasteiger partial charge in [-0.15, -0.1) is 0 Å². The lowest BCUT2D eigenvalue weighted by molar-refractivity contribution is -0.137. The van der Waals surface area contributed by atoms with E-state index in [2.05, 4.69) is 10.2 Å². The Balaban J connectivity index is 1.47. The molecule has 1 aromatic rings. The maximum absolute atomic E-state index is 12.7. The second kappa shape index (κ2) is 7.77. The quantitative estimate of drug-likeness (QED) is 0.780. The number of hydrogen-bond acceptors (Lipinski definition) is 2. The van der Waals surface area contributed by atoms with Crippen LogP contribution in [0.1, 0.15) is 56.1 Å². The van der Waals surface area contributed by atoms with Crippen LogP contribution in [0.5, 0.6) is 0 Å². The van der Waals surface area contributed by atoms with Crippen molar-refractivity contribution < 1.29 is 18.0 Å². The van der Waals surface area contributed by atoms with Crippen LogP contribution in [0.4, 0.5) is 13.2 Å². The highest BCUT2D eigenvalue weighted by Gasteiger charge is 2.36. The summed E-state index contributed by atoms with van der Waals surface area (Å²) in [5, 5.41) is 3.23. The van der Waals surface area contributed by atoms with Crippen LogP contribution in [-0.2, 0) is 17.5 Å². The fourth-order valence-electron chi connectivity index (χ4n) is 4.09. The summed E-state index contributed by atoms with van der Waals surface area (Å²) in [6.07, 6.45) is 2.72. The van der Waals surface area contributed by atoms with Gasteiger partial charge in [0.25, 0.3) is 0 Å². The highest BCUT2D eigenvalue weighted by atomic mass is 19.4. The van der Waals surface area contributed by atoms with Gasteiger partial charge in [0, 0.05) is 25.0 Å². The van der Waals surface area contributed by atoms with E-state index in [4.69, 9.17) is 0 Å². The number of halogens is 3. The summed E-state index contributed by atoms with van der Waals surface area (Å²) in [6.45, 7) is 1.12. The largest absolute Gasteiger partial charge is 0.416 e. The predicted octanol–water partition coefficient (Wildman–Crippen LogP) is 4.12. The Morgan fingerprint density at radius 2 is 1.92 bits per heavy atom. The van der Waals surface area contributed by atoms with E-state index in [1.165, 1.54) is 25.0 Å². The summed E-state index contributed by atoms with van der Waals surface area (Å²) in [5.41, 5.74) is 0.0190. The van der Waals surface area contributed by atoms with Crippen LogP contribution in [0.15, 0.2) is 24.3 Å². The van der Waals surface area contributed by atoms with E-state index >= 15 is 0 Å². The maximum Gasteiger partial charge on any atom is 0.416 e. The third-order valence-electron chi connectivity index (χ3n) is 5.33. The summed E-state index contributed by atoms with van der Waals surface area (Å²) in [4.78, 5) is 14.3. The second-order valence-electron chi connectivity index (χ2n) is 7.10. The van der Waals surface area contributed by atoms with E-state index in [9.17, 15) is 18.0 Å². The van der Waals surface area contributed by atoms with E-state index < -0.39 is 11.7 Å². The van der Waals surface area contributed by atoms with E-state index in [0.717, 1.165) is 31.7 Å². The fraction of sp³-hybridized carbons (Fsp3) is 0.632. The molecule has 0 aromatic heterocycles. The molecule has 1 aromatic carbocycles. The van der Waals surface area contributed by atoms with Crippen molar-refractivity contribution in [2.24, 2.45) is 0 Å². The van der Waals surface area contributed by atoms with Crippen molar-refractivity contribution in [3.63, 3.8) is 0 Å². The van der Waals surface area contributed by atoms with Gasteiger partial charge in [-0.05, 0) is 43.9 Å². The number of benzene rings is 1. The average Bonchev–Trinajstić information content (AvgIpc) is 3.20. The Hall–Kier alpha value is -1.56. The molecule has 1 saturated carbocycles. The summed E-state index contributed by atoms with van der Waals surface area (Å²) in [7, 11) is 0. The van der Waals surface area contributed by atoms with Crippen molar-refractivity contribution in [1.82, 2.24) is 10.2 Å². The number of carbonyl (C=O) groups excluding carboxylic acids is 1. The predicted molar refractivity (Wildman–Crippen MR) is 89.9 cm³/mol. The van der Waals surface area contributed by atoms with Gasteiger partial charge >= 0.3 is 6.18 Å². The Kier molecular flexibility index (Phi) is 5.67. The molecule has 2 aliphatic rings. The van der Waals surface area contributed by atoms with Crippen molar-refractivity contribution >= 4 is 5.91 Å². The molecule has 0 spiro atoms. The second-order valence-corrected chi connectivity index (χ2v) is 7.10. The molecule has 138 valence electrons. The molecule has 0 unspecified atom stereocenters. The van der Waals surface area contributed by atoms with Crippen LogP contribution in [0.3, 0.4) is 0 Å². The first kappa shape index (κ1) is 18.2. The third kappa shape index (κ3) is 4.54. The lowest BCUT2D eigenvalue weighted by atomic mass is 10.1. The van der Waals surface area contributed by atoms with Crippen LogP contribution in [0, 0.1) is 0 Å². The first-order chi connectivity index (χ1) is 11.9. The molecule has 1 aliphatic carbocycles. The molecule has 1 amide bonds. The number of likely N-dealkylation sites (tertiary alicyclic amines) is 1. The molecule has 1 saturated heterocycles. The van der Waals surface area contributed by atoms with Gasteiger partial charge in [0.05, 0.1) is 5.56 Å². The highest BCUT2D eigenvalue weighted by Crippen LogP contribution is 2.32. The van der Waals surface area contributed by atoms with Crippen molar-refractivity contribution in [2.75, 3.05) is 6.54 Å². The number of hydrogen-bond donors (Lipinski definition) is 1. The van der Waals surface area contributed by atoms with Crippen LogP contribution in [0.25, 0.3) is 0 Å². The molecular weight excluding hydrogens is 329 g/mol. The number of amides is 1. The SMILES string of the molecule is O=C1CC[C@H](CCNCc2cccc(C(F)(F)F)c2)N1C1CCCC1. The van der Waals surface area contributed by atoms with Crippen LogP contribution >= 0.6 is 0 Å². The zero-order valence-corrected chi connectivity index (χ0v) is 14.3. The molecule has 0 bridgehead atoms. The molecule has 1 heterocycles. The lowest BCUT2D eigenvalue weighted by Gasteiger charge is -2.31. The van der Waals surface area contributed by atoms with E-state index in [0.29, 0.717) is 31.1 Å². The van der Waals surface area contributed by atoms with E-state index in [1.807, 2.05) is 0 Å². The summed E-state index contributed by atoms with van der Waals surface area (Å²) >= 11 is 0. The van der Waals surface area contributed by atoms with Crippen molar-refractivity contribution in [2.45, 2.75) is 69.8 Å². The molecule has 25 heavy (non-hydrogen) atoms. The highest BCUT2D eigenvalue weighted by molar-refractivity contribution is 5.79. The molecule has 1 aliphatic heterocycles. The number of nitrogens with one attached hydrogen (secondary N) is 1. The molecule has 3 nitrogen and oxygen atoms in total. The van der Waals surface area contributed by atoms with E-state index in [-0.39, 0.29) is 11.9 Å².